The predicted molar refractivity (Wildman–Crippen MR) is 79.2 cm³/mol. The lowest BCUT2D eigenvalue weighted by atomic mass is 10.0. The number of halogens is 3. The highest BCUT2D eigenvalue weighted by Gasteiger charge is 2.35. The van der Waals surface area contributed by atoms with E-state index >= 15 is 0 Å². The molecule has 0 amide bonds. The molecular formula is C14H16F3N3O2S. The second-order valence-electron chi connectivity index (χ2n) is 5.33. The number of benzene rings is 1. The lowest BCUT2D eigenvalue weighted by Gasteiger charge is -2.38. The first kappa shape index (κ1) is 17.6. The minimum absolute atomic E-state index is 0.0394. The van der Waals surface area contributed by atoms with Crippen molar-refractivity contribution in [3.63, 3.8) is 0 Å². The van der Waals surface area contributed by atoms with Gasteiger partial charge in [0.05, 0.1) is 22.9 Å². The largest absolute Gasteiger partial charge is 0.417 e. The third kappa shape index (κ3) is 3.95. The van der Waals surface area contributed by atoms with E-state index in [0.717, 1.165) is 12.1 Å². The van der Waals surface area contributed by atoms with Gasteiger partial charge >= 0.3 is 6.18 Å². The van der Waals surface area contributed by atoms with Crippen molar-refractivity contribution < 1.29 is 21.6 Å². The van der Waals surface area contributed by atoms with Crippen molar-refractivity contribution in [2.45, 2.75) is 13.1 Å². The first-order chi connectivity index (χ1) is 10.7. The Balaban J connectivity index is 1.97. The van der Waals surface area contributed by atoms with E-state index in [1.54, 1.807) is 6.92 Å². The number of alkyl halides is 3. The average molecular weight is 347 g/mol. The minimum atomic E-state index is -4.59. The number of hydrogen-bond acceptors (Lipinski definition) is 4. The Morgan fingerprint density at radius 1 is 1.39 bits per heavy atom. The van der Waals surface area contributed by atoms with Crippen LogP contribution in [0.25, 0.3) is 0 Å². The van der Waals surface area contributed by atoms with Gasteiger partial charge in [-0.15, -0.1) is 0 Å². The smallest absolute Gasteiger partial charge is 0.385 e. The maximum Gasteiger partial charge on any atom is 0.417 e. The molecule has 1 fully saturated rings. The highest BCUT2D eigenvalue weighted by Crippen LogP contribution is 2.33. The zero-order chi connectivity index (χ0) is 17.3. The van der Waals surface area contributed by atoms with Crippen molar-refractivity contribution in [2.24, 2.45) is 5.92 Å². The maximum absolute atomic E-state index is 12.9. The van der Waals surface area contributed by atoms with E-state index in [2.05, 4.69) is 5.32 Å². The van der Waals surface area contributed by atoms with E-state index in [0.29, 0.717) is 19.6 Å². The fourth-order valence-electron chi connectivity index (χ4n) is 2.31. The Bertz CT molecular complexity index is 720. The van der Waals surface area contributed by atoms with Gasteiger partial charge in [0.1, 0.15) is 0 Å². The van der Waals surface area contributed by atoms with Crippen LogP contribution in [0.5, 0.6) is 0 Å². The SMILES string of the molecule is CCS(=O)(=O)N1CC(CNc2ccc(C#N)c(C(F)(F)F)c2)C1. The zero-order valence-electron chi connectivity index (χ0n) is 12.4. The van der Waals surface area contributed by atoms with E-state index in [4.69, 9.17) is 5.26 Å². The topological polar surface area (TPSA) is 73.2 Å². The third-order valence-electron chi connectivity index (χ3n) is 3.72. The molecule has 1 N–H and O–H groups in total. The van der Waals surface area contributed by atoms with Crippen LogP contribution in [-0.2, 0) is 16.2 Å². The van der Waals surface area contributed by atoms with Crippen LogP contribution in [0.3, 0.4) is 0 Å². The van der Waals surface area contributed by atoms with Crippen LogP contribution in [0, 0.1) is 17.2 Å². The van der Waals surface area contributed by atoms with Gasteiger partial charge in [-0.25, -0.2) is 12.7 Å². The van der Waals surface area contributed by atoms with Crippen molar-refractivity contribution in [1.82, 2.24) is 4.31 Å². The number of sulfonamides is 1. The fourth-order valence-corrected chi connectivity index (χ4v) is 3.55. The van der Waals surface area contributed by atoms with E-state index in [9.17, 15) is 21.6 Å². The second-order valence-corrected chi connectivity index (χ2v) is 7.59. The van der Waals surface area contributed by atoms with Crippen LogP contribution in [0.4, 0.5) is 18.9 Å². The monoisotopic (exact) mass is 347 g/mol. The van der Waals surface area contributed by atoms with Gasteiger partial charge in [-0.2, -0.15) is 18.4 Å². The molecule has 2 rings (SSSR count). The summed E-state index contributed by atoms with van der Waals surface area (Å²) >= 11 is 0. The van der Waals surface area contributed by atoms with Gasteiger partial charge in [0.15, 0.2) is 0 Å². The lowest BCUT2D eigenvalue weighted by molar-refractivity contribution is -0.137. The summed E-state index contributed by atoms with van der Waals surface area (Å²) in [4.78, 5) is 0. The van der Waals surface area contributed by atoms with Crippen LogP contribution < -0.4 is 5.32 Å². The molecule has 1 aliphatic heterocycles. The molecule has 0 aromatic heterocycles. The average Bonchev–Trinajstić information content (AvgIpc) is 2.44. The summed E-state index contributed by atoms with van der Waals surface area (Å²) in [5, 5.41) is 11.6. The van der Waals surface area contributed by atoms with Gasteiger partial charge in [0.2, 0.25) is 10.0 Å². The molecule has 23 heavy (non-hydrogen) atoms. The highest BCUT2D eigenvalue weighted by atomic mass is 32.2. The van der Waals surface area contributed by atoms with Gasteiger partial charge in [0, 0.05) is 31.2 Å². The summed E-state index contributed by atoms with van der Waals surface area (Å²) in [6.07, 6.45) is -4.59. The first-order valence-electron chi connectivity index (χ1n) is 7.00. The molecule has 0 atom stereocenters. The third-order valence-corrected chi connectivity index (χ3v) is 5.54. The van der Waals surface area contributed by atoms with E-state index in [-0.39, 0.29) is 17.4 Å². The number of anilines is 1. The number of nitrogens with one attached hydrogen (secondary N) is 1. The van der Waals surface area contributed by atoms with Gasteiger partial charge < -0.3 is 5.32 Å². The molecule has 0 bridgehead atoms. The molecule has 1 aromatic carbocycles. The Labute approximate surface area is 132 Å². The summed E-state index contributed by atoms with van der Waals surface area (Å²) in [7, 11) is -3.19. The Kier molecular flexibility index (Phi) is 4.87. The number of rotatable bonds is 5. The molecule has 0 aliphatic carbocycles. The van der Waals surface area contributed by atoms with Gasteiger partial charge in [-0.1, -0.05) is 0 Å². The Morgan fingerprint density at radius 2 is 2.04 bits per heavy atom. The molecule has 0 unspecified atom stereocenters. The van der Waals surface area contributed by atoms with Crippen LogP contribution in [-0.4, -0.2) is 38.1 Å². The number of nitriles is 1. The fraction of sp³-hybridized carbons (Fsp3) is 0.500. The molecule has 5 nitrogen and oxygen atoms in total. The van der Waals surface area contributed by atoms with E-state index in [1.807, 2.05) is 0 Å². The summed E-state index contributed by atoms with van der Waals surface area (Å²) < 4.78 is 63.1. The van der Waals surface area contributed by atoms with Crippen molar-refractivity contribution >= 4 is 15.7 Å². The quantitative estimate of drug-likeness (QED) is 0.887. The van der Waals surface area contributed by atoms with Gasteiger partial charge in [0.25, 0.3) is 0 Å². The number of hydrogen-bond donors (Lipinski definition) is 1. The molecule has 126 valence electrons. The van der Waals surface area contributed by atoms with Crippen molar-refractivity contribution in [1.29, 1.82) is 5.26 Å². The summed E-state index contributed by atoms with van der Waals surface area (Å²) in [5.74, 6) is 0.0962. The van der Waals surface area contributed by atoms with Crippen LogP contribution in [0.2, 0.25) is 0 Å². The Morgan fingerprint density at radius 3 is 2.57 bits per heavy atom. The second kappa shape index (κ2) is 6.37. The molecule has 0 saturated carbocycles. The zero-order valence-corrected chi connectivity index (χ0v) is 13.2. The maximum atomic E-state index is 12.9. The first-order valence-corrected chi connectivity index (χ1v) is 8.61. The van der Waals surface area contributed by atoms with E-state index < -0.39 is 27.3 Å². The van der Waals surface area contributed by atoms with Crippen LogP contribution in [0.15, 0.2) is 18.2 Å². The molecular weight excluding hydrogens is 331 g/mol. The minimum Gasteiger partial charge on any atom is -0.385 e. The molecule has 1 aromatic rings. The van der Waals surface area contributed by atoms with Crippen molar-refractivity contribution in [3.8, 4) is 6.07 Å². The number of nitrogens with zero attached hydrogens (tertiary/aromatic N) is 2. The summed E-state index contributed by atoms with van der Waals surface area (Å²) in [5.41, 5.74) is -1.14. The predicted octanol–water partition coefficient (Wildman–Crippen LogP) is 2.27. The molecule has 0 radical (unpaired) electrons. The van der Waals surface area contributed by atoms with Crippen LogP contribution >= 0.6 is 0 Å². The van der Waals surface area contributed by atoms with Crippen molar-refractivity contribution in [2.75, 3.05) is 30.7 Å². The standard InChI is InChI=1S/C14H16F3N3O2S/c1-2-23(21,22)20-8-10(9-20)7-19-12-4-3-11(6-18)13(5-12)14(15,16)17/h3-5,10,19H,2,7-9H2,1H3. The molecule has 9 heteroatoms. The lowest BCUT2D eigenvalue weighted by Crippen LogP contribution is -2.52. The normalized spacial score (nSPS) is 16.7. The molecule has 0 spiro atoms. The molecule has 1 aliphatic rings. The molecule has 1 heterocycles. The van der Waals surface area contributed by atoms with Crippen molar-refractivity contribution in [3.05, 3.63) is 29.3 Å². The summed E-state index contributed by atoms with van der Waals surface area (Å²) in [6, 6.07) is 4.96. The highest BCUT2D eigenvalue weighted by molar-refractivity contribution is 7.89. The van der Waals surface area contributed by atoms with Gasteiger partial charge in [-0.05, 0) is 25.1 Å². The summed E-state index contributed by atoms with van der Waals surface area (Å²) in [6.45, 7) is 2.67. The van der Waals surface area contributed by atoms with Gasteiger partial charge in [-0.3, -0.25) is 0 Å². The van der Waals surface area contributed by atoms with Crippen LogP contribution in [0.1, 0.15) is 18.1 Å². The Hall–Kier alpha value is -1.79. The van der Waals surface area contributed by atoms with E-state index in [1.165, 1.54) is 16.4 Å². The molecule has 1 saturated heterocycles.